The highest BCUT2D eigenvalue weighted by molar-refractivity contribution is 9.10. The van der Waals surface area contributed by atoms with Crippen LogP contribution in [0.15, 0.2) is 62.8 Å². The van der Waals surface area contributed by atoms with E-state index in [-0.39, 0.29) is 10.8 Å². The topological polar surface area (TPSA) is 89.4 Å². The molecule has 0 spiro atoms. The second kappa shape index (κ2) is 6.77. The summed E-state index contributed by atoms with van der Waals surface area (Å²) in [5.41, 5.74) is 6.33. The lowest BCUT2D eigenvalue weighted by atomic mass is 10.0. The first-order valence-corrected chi connectivity index (χ1v) is 10.5. The molecule has 2 atom stereocenters. The second-order valence-electron chi connectivity index (χ2n) is 6.41. The predicted molar refractivity (Wildman–Crippen MR) is 102 cm³/mol. The summed E-state index contributed by atoms with van der Waals surface area (Å²) < 4.78 is 34.1. The van der Waals surface area contributed by atoms with Gasteiger partial charge in [0.25, 0.3) is 0 Å². The van der Waals surface area contributed by atoms with Crippen molar-refractivity contribution in [3.63, 3.8) is 0 Å². The van der Waals surface area contributed by atoms with Crippen LogP contribution < -0.4 is 5.73 Å². The van der Waals surface area contributed by atoms with Crippen LogP contribution in [0, 0.1) is 5.92 Å². The van der Waals surface area contributed by atoms with Gasteiger partial charge >= 0.3 is 0 Å². The summed E-state index contributed by atoms with van der Waals surface area (Å²) in [7, 11) is -3.73. The number of hydrogen-bond acceptors (Lipinski definition) is 5. The van der Waals surface area contributed by atoms with Crippen molar-refractivity contribution in [3.05, 3.63) is 59.2 Å². The Balaban J connectivity index is 1.70. The first-order chi connectivity index (χ1) is 12.5. The molecule has 26 heavy (non-hydrogen) atoms. The van der Waals surface area contributed by atoms with E-state index >= 15 is 0 Å². The van der Waals surface area contributed by atoms with Crippen molar-refractivity contribution in [2.45, 2.75) is 23.9 Å². The molecule has 3 heterocycles. The molecule has 0 bridgehead atoms. The molecular weight excluding hydrogens is 418 g/mol. The van der Waals surface area contributed by atoms with Crippen LogP contribution in [0.1, 0.15) is 12.2 Å². The molecule has 6 nitrogen and oxygen atoms in total. The Labute approximate surface area is 160 Å². The zero-order valence-electron chi connectivity index (χ0n) is 13.9. The molecule has 0 amide bonds. The maximum Gasteiger partial charge on any atom is 0.245 e. The Morgan fingerprint density at radius 3 is 2.88 bits per heavy atom. The van der Waals surface area contributed by atoms with E-state index in [1.807, 2.05) is 18.2 Å². The Morgan fingerprint density at radius 2 is 2.12 bits per heavy atom. The van der Waals surface area contributed by atoms with Gasteiger partial charge in [-0.1, -0.05) is 12.1 Å². The molecule has 0 aliphatic carbocycles. The Bertz CT molecular complexity index is 1030. The summed E-state index contributed by atoms with van der Waals surface area (Å²) in [5, 5.41) is 1.39. The van der Waals surface area contributed by atoms with Gasteiger partial charge in [-0.2, -0.15) is 4.31 Å². The third-order valence-corrected chi connectivity index (χ3v) is 7.41. The number of aromatic nitrogens is 1. The molecule has 8 heteroatoms. The molecule has 1 fully saturated rings. The van der Waals surface area contributed by atoms with Crippen molar-refractivity contribution in [2.24, 2.45) is 11.7 Å². The largest absolute Gasteiger partial charge is 0.469 e. The number of hydrogen-bond donors (Lipinski definition) is 1. The van der Waals surface area contributed by atoms with Crippen LogP contribution in [0.25, 0.3) is 10.8 Å². The summed E-state index contributed by atoms with van der Waals surface area (Å²) in [6.45, 7) is 0.397. The molecule has 136 valence electrons. The molecule has 1 saturated heterocycles. The fourth-order valence-corrected chi connectivity index (χ4v) is 6.06. The molecule has 4 rings (SSSR count). The highest BCUT2D eigenvalue weighted by Gasteiger charge is 2.40. The number of benzene rings is 1. The predicted octanol–water partition coefficient (Wildman–Crippen LogP) is 3.13. The maximum atomic E-state index is 13.3. The molecular formula is C18H18BrN3O3S. The third-order valence-electron chi connectivity index (χ3n) is 4.86. The molecule has 0 radical (unpaired) electrons. The molecule has 1 aliphatic rings. The number of pyridine rings is 1. The van der Waals surface area contributed by atoms with Gasteiger partial charge in [0, 0.05) is 40.6 Å². The van der Waals surface area contributed by atoms with Crippen LogP contribution in [0.2, 0.25) is 0 Å². The van der Waals surface area contributed by atoms with Crippen molar-refractivity contribution in [1.82, 2.24) is 9.29 Å². The Hall–Kier alpha value is -1.74. The van der Waals surface area contributed by atoms with Crippen molar-refractivity contribution in [3.8, 4) is 0 Å². The number of halogens is 1. The number of rotatable bonds is 4. The van der Waals surface area contributed by atoms with Gasteiger partial charge in [-0.3, -0.25) is 4.98 Å². The van der Waals surface area contributed by atoms with Crippen LogP contribution in [-0.4, -0.2) is 30.4 Å². The van der Waals surface area contributed by atoms with E-state index < -0.39 is 16.2 Å². The van der Waals surface area contributed by atoms with Gasteiger partial charge in [-0.25, -0.2) is 8.42 Å². The summed E-state index contributed by atoms with van der Waals surface area (Å²) in [6.07, 6.45) is 5.62. The van der Waals surface area contributed by atoms with E-state index in [1.165, 1.54) is 4.31 Å². The van der Waals surface area contributed by atoms with E-state index in [4.69, 9.17) is 10.2 Å². The monoisotopic (exact) mass is 435 g/mol. The first-order valence-electron chi connectivity index (χ1n) is 8.30. The van der Waals surface area contributed by atoms with Gasteiger partial charge in [-0.05, 0) is 46.5 Å². The van der Waals surface area contributed by atoms with Crippen LogP contribution in [-0.2, 0) is 16.4 Å². The fraction of sp³-hybridized carbons (Fsp3) is 0.278. The highest BCUT2D eigenvalue weighted by Crippen LogP contribution is 2.35. The number of furan rings is 1. The van der Waals surface area contributed by atoms with Gasteiger partial charge in [0.15, 0.2) is 0 Å². The molecule has 2 N–H and O–H groups in total. The van der Waals surface area contributed by atoms with Crippen LogP contribution >= 0.6 is 15.9 Å². The second-order valence-corrected chi connectivity index (χ2v) is 9.13. The molecule has 2 aromatic heterocycles. The van der Waals surface area contributed by atoms with E-state index in [0.717, 1.165) is 11.1 Å². The van der Waals surface area contributed by atoms with Gasteiger partial charge in [-0.15, -0.1) is 0 Å². The number of nitrogens with zero attached hydrogens (tertiary/aromatic N) is 2. The standard InChI is InChI=1S/C18H18BrN3O3S/c19-15-11-21-10-13-3-1-5-16(17(13)15)26(23,24)22-7-6-12(18(22)20)9-14-4-2-8-25-14/h1-5,8,10-12,18H,6-7,9,20H2/t12?,18-/m1/s1. The van der Waals surface area contributed by atoms with Crippen LogP contribution in [0.5, 0.6) is 0 Å². The van der Waals surface area contributed by atoms with Crippen molar-refractivity contribution < 1.29 is 12.8 Å². The third kappa shape index (κ3) is 2.96. The van der Waals surface area contributed by atoms with E-state index in [2.05, 4.69) is 20.9 Å². The van der Waals surface area contributed by atoms with Gasteiger partial charge in [0.2, 0.25) is 10.0 Å². The minimum Gasteiger partial charge on any atom is -0.469 e. The van der Waals surface area contributed by atoms with Gasteiger partial charge in [0.05, 0.1) is 17.3 Å². The Morgan fingerprint density at radius 1 is 1.27 bits per heavy atom. The van der Waals surface area contributed by atoms with Crippen molar-refractivity contribution in [1.29, 1.82) is 0 Å². The van der Waals surface area contributed by atoms with E-state index in [0.29, 0.717) is 29.2 Å². The summed E-state index contributed by atoms with van der Waals surface area (Å²) in [4.78, 5) is 4.36. The molecule has 1 aliphatic heterocycles. The summed E-state index contributed by atoms with van der Waals surface area (Å²) in [6, 6.07) is 8.90. The molecule has 1 unspecified atom stereocenters. The lowest BCUT2D eigenvalue weighted by Crippen LogP contribution is -2.44. The summed E-state index contributed by atoms with van der Waals surface area (Å²) in [5.74, 6) is 0.847. The van der Waals surface area contributed by atoms with E-state index in [9.17, 15) is 8.42 Å². The van der Waals surface area contributed by atoms with Crippen LogP contribution in [0.3, 0.4) is 0 Å². The molecule has 3 aromatic rings. The minimum atomic E-state index is -3.73. The van der Waals surface area contributed by atoms with Gasteiger partial charge < -0.3 is 10.2 Å². The molecule has 1 aromatic carbocycles. The molecule has 0 saturated carbocycles. The maximum absolute atomic E-state index is 13.3. The first kappa shape index (κ1) is 17.7. The minimum absolute atomic E-state index is 0.0241. The number of nitrogens with two attached hydrogens (primary N) is 1. The zero-order chi connectivity index (χ0) is 18.3. The van der Waals surface area contributed by atoms with Crippen molar-refractivity contribution in [2.75, 3.05) is 6.54 Å². The van der Waals surface area contributed by atoms with Crippen LogP contribution in [0.4, 0.5) is 0 Å². The average Bonchev–Trinajstić information content (AvgIpc) is 3.26. The fourth-order valence-electron chi connectivity index (χ4n) is 3.54. The van der Waals surface area contributed by atoms with E-state index in [1.54, 1.807) is 30.8 Å². The SMILES string of the molecule is N[C@H]1C(Cc2ccco2)CCN1S(=O)(=O)c1cccc2cncc(Br)c12. The number of sulfonamides is 1. The average molecular weight is 436 g/mol. The lowest BCUT2D eigenvalue weighted by molar-refractivity contribution is 0.330. The van der Waals surface area contributed by atoms with Gasteiger partial charge in [0.1, 0.15) is 5.76 Å². The normalized spacial score (nSPS) is 21.5. The number of fused-ring (bicyclic) bond motifs is 1. The lowest BCUT2D eigenvalue weighted by Gasteiger charge is -2.24. The highest BCUT2D eigenvalue weighted by atomic mass is 79.9. The summed E-state index contributed by atoms with van der Waals surface area (Å²) >= 11 is 3.43. The Kier molecular flexibility index (Phi) is 4.60. The quantitative estimate of drug-likeness (QED) is 0.679. The smallest absolute Gasteiger partial charge is 0.245 e. The van der Waals surface area contributed by atoms with Crippen molar-refractivity contribution >= 4 is 36.7 Å². The zero-order valence-corrected chi connectivity index (χ0v) is 16.3.